The zero-order valence-electron chi connectivity index (χ0n) is 11.1. The predicted molar refractivity (Wildman–Crippen MR) is 75.1 cm³/mol. The summed E-state index contributed by atoms with van der Waals surface area (Å²) < 4.78 is 5.45. The molecule has 94 valence electrons. The van der Waals surface area contributed by atoms with Crippen LogP contribution in [0.1, 0.15) is 22.7 Å². The Kier molecular flexibility index (Phi) is 4.00. The highest BCUT2D eigenvalue weighted by molar-refractivity contribution is 5.43. The first-order chi connectivity index (χ1) is 8.77. The van der Waals surface area contributed by atoms with Crippen molar-refractivity contribution in [3.05, 3.63) is 65.2 Å². The Hall–Kier alpha value is -1.80. The van der Waals surface area contributed by atoms with Gasteiger partial charge >= 0.3 is 0 Å². The molecule has 2 rings (SSSR count). The first-order valence-electron chi connectivity index (χ1n) is 6.13. The predicted octanol–water partition coefficient (Wildman–Crippen LogP) is 3.31. The minimum Gasteiger partial charge on any atom is -0.496 e. The second-order valence-electron chi connectivity index (χ2n) is 4.32. The topological polar surface area (TPSA) is 21.3 Å². The van der Waals surface area contributed by atoms with Crippen LogP contribution in [-0.2, 0) is 0 Å². The molecule has 0 aliphatic heterocycles. The molecular weight excluding hydrogens is 222 g/mol. The maximum atomic E-state index is 5.45. The molecule has 1 unspecified atom stereocenters. The number of ether oxygens (including phenoxy) is 1. The molecule has 1 N–H and O–H groups in total. The van der Waals surface area contributed by atoms with Gasteiger partial charge in [-0.05, 0) is 31.2 Å². The van der Waals surface area contributed by atoms with Gasteiger partial charge in [0, 0.05) is 5.56 Å². The molecule has 0 spiro atoms. The first kappa shape index (κ1) is 12.7. The number of hydrogen-bond donors (Lipinski definition) is 1. The van der Waals surface area contributed by atoms with Gasteiger partial charge in [0.05, 0.1) is 13.2 Å². The van der Waals surface area contributed by atoms with Crippen molar-refractivity contribution in [2.24, 2.45) is 0 Å². The second kappa shape index (κ2) is 5.69. The molecule has 0 aliphatic carbocycles. The smallest absolute Gasteiger partial charge is 0.123 e. The van der Waals surface area contributed by atoms with Gasteiger partial charge in [0.25, 0.3) is 0 Å². The zero-order valence-corrected chi connectivity index (χ0v) is 11.1. The number of para-hydroxylation sites is 1. The second-order valence-corrected chi connectivity index (χ2v) is 4.32. The van der Waals surface area contributed by atoms with Crippen molar-refractivity contribution in [2.45, 2.75) is 13.0 Å². The number of nitrogens with one attached hydrogen (secondary N) is 1. The van der Waals surface area contributed by atoms with Crippen molar-refractivity contribution in [1.29, 1.82) is 0 Å². The highest BCUT2D eigenvalue weighted by Crippen LogP contribution is 2.30. The third-order valence-corrected chi connectivity index (χ3v) is 3.24. The molecule has 0 fully saturated rings. The lowest BCUT2D eigenvalue weighted by Gasteiger charge is -2.21. The summed E-state index contributed by atoms with van der Waals surface area (Å²) in [5.74, 6) is 0.917. The summed E-state index contributed by atoms with van der Waals surface area (Å²) in [7, 11) is 3.69. The molecule has 1 atom stereocenters. The third kappa shape index (κ3) is 2.39. The van der Waals surface area contributed by atoms with Gasteiger partial charge in [0.15, 0.2) is 0 Å². The average Bonchev–Trinajstić information content (AvgIpc) is 2.42. The van der Waals surface area contributed by atoms with Gasteiger partial charge < -0.3 is 10.1 Å². The Labute approximate surface area is 109 Å². The molecule has 2 nitrogen and oxygen atoms in total. The molecule has 2 aromatic rings. The minimum absolute atomic E-state index is 0.155. The van der Waals surface area contributed by atoms with E-state index >= 15 is 0 Å². The van der Waals surface area contributed by atoms with Crippen molar-refractivity contribution < 1.29 is 4.74 Å². The molecule has 2 heteroatoms. The van der Waals surface area contributed by atoms with Crippen LogP contribution in [0.2, 0.25) is 0 Å². The number of methoxy groups -OCH3 is 1. The van der Waals surface area contributed by atoms with E-state index < -0.39 is 0 Å². The van der Waals surface area contributed by atoms with Crippen molar-refractivity contribution in [3.8, 4) is 5.75 Å². The molecule has 0 aliphatic rings. The average molecular weight is 241 g/mol. The lowest BCUT2D eigenvalue weighted by Crippen LogP contribution is -2.19. The molecular formula is C16H19NO. The minimum atomic E-state index is 0.155. The monoisotopic (exact) mass is 241 g/mol. The Morgan fingerprint density at radius 1 is 0.944 bits per heavy atom. The van der Waals surface area contributed by atoms with Crippen LogP contribution in [0.25, 0.3) is 0 Å². The summed E-state index contributed by atoms with van der Waals surface area (Å²) in [6.07, 6.45) is 0. The third-order valence-electron chi connectivity index (χ3n) is 3.24. The van der Waals surface area contributed by atoms with E-state index in [1.807, 2.05) is 25.2 Å². The van der Waals surface area contributed by atoms with E-state index in [0.29, 0.717) is 0 Å². The summed E-state index contributed by atoms with van der Waals surface area (Å²) in [6.45, 7) is 2.13. The van der Waals surface area contributed by atoms with Crippen LogP contribution >= 0.6 is 0 Å². The summed E-state index contributed by atoms with van der Waals surface area (Å²) in [5.41, 5.74) is 3.73. The summed E-state index contributed by atoms with van der Waals surface area (Å²) >= 11 is 0. The molecule has 18 heavy (non-hydrogen) atoms. The summed E-state index contributed by atoms with van der Waals surface area (Å²) in [4.78, 5) is 0. The van der Waals surface area contributed by atoms with Crippen LogP contribution in [-0.4, -0.2) is 14.2 Å². The van der Waals surface area contributed by atoms with E-state index in [1.54, 1.807) is 7.11 Å². The summed E-state index contributed by atoms with van der Waals surface area (Å²) in [6, 6.07) is 16.7. The van der Waals surface area contributed by atoms with Crippen LogP contribution in [0, 0.1) is 6.92 Å². The Balaban J connectivity index is 2.49. The highest BCUT2D eigenvalue weighted by Gasteiger charge is 2.17. The maximum absolute atomic E-state index is 5.45. The van der Waals surface area contributed by atoms with E-state index in [1.165, 1.54) is 11.1 Å². The van der Waals surface area contributed by atoms with Crippen molar-refractivity contribution in [3.63, 3.8) is 0 Å². The van der Waals surface area contributed by atoms with Gasteiger partial charge in [0.2, 0.25) is 0 Å². The van der Waals surface area contributed by atoms with E-state index in [-0.39, 0.29) is 6.04 Å². The van der Waals surface area contributed by atoms with Crippen LogP contribution in [0.15, 0.2) is 48.5 Å². The van der Waals surface area contributed by atoms with Crippen LogP contribution < -0.4 is 10.1 Å². The van der Waals surface area contributed by atoms with Gasteiger partial charge in [-0.1, -0.05) is 42.5 Å². The number of hydrogen-bond acceptors (Lipinski definition) is 2. The van der Waals surface area contributed by atoms with Gasteiger partial charge in [-0.15, -0.1) is 0 Å². The molecule has 0 saturated heterocycles. The SMILES string of the molecule is CNC(c1ccccc1C)c1ccccc1OC. The largest absolute Gasteiger partial charge is 0.496 e. The number of benzene rings is 2. The fourth-order valence-corrected chi connectivity index (χ4v) is 2.29. The number of aryl methyl sites for hydroxylation is 1. The fourth-order valence-electron chi connectivity index (χ4n) is 2.29. The molecule has 0 saturated carbocycles. The molecule has 0 aromatic heterocycles. The Bertz CT molecular complexity index is 522. The van der Waals surface area contributed by atoms with Crippen LogP contribution in [0.4, 0.5) is 0 Å². The Morgan fingerprint density at radius 2 is 1.56 bits per heavy atom. The Morgan fingerprint density at radius 3 is 2.17 bits per heavy atom. The van der Waals surface area contributed by atoms with E-state index in [9.17, 15) is 0 Å². The molecule has 0 radical (unpaired) electrons. The van der Waals surface area contributed by atoms with Gasteiger partial charge in [-0.2, -0.15) is 0 Å². The molecule has 0 bridgehead atoms. The summed E-state index contributed by atoms with van der Waals surface area (Å²) in [5, 5.41) is 3.37. The van der Waals surface area contributed by atoms with E-state index in [4.69, 9.17) is 4.74 Å². The van der Waals surface area contributed by atoms with Crippen LogP contribution in [0.3, 0.4) is 0 Å². The molecule has 2 aromatic carbocycles. The molecule has 0 heterocycles. The van der Waals surface area contributed by atoms with Crippen molar-refractivity contribution in [1.82, 2.24) is 5.32 Å². The zero-order chi connectivity index (χ0) is 13.0. The quantitative estimate of drug-likeness (QED) is 0.886. The van der Waals surface area contributed by atoms with Gasteiger partial charge in [-0.3, -0.25) is 0 Å². The van der Waals surface area contributed by atoms with E-state index in [2.05, 4.69) is 42.6 Å². The highest BCUT2D eigenvalue weighted by atomic mass is 16.5. The van der Waals surface area contributed by atoms with Crippen molar-refractivity contribution >= 4 is 0 Å². The van der Waals surface area contributed by atoms with Gasteiger partial charge in [0.1, 0.15) is 5.75 Å². The van der Waals surface area contributed by atoms with E-state index in [0.717, 1.165) is 11.3 Å². The number of rotatable bonds is 4. The normalized spacial score (nSPS) is 12.2. The lowest BCUT2D eigenvalue weighted by molar-refractivity contribution is 0.405. The first-order valence-corrected chi connectivity index (χ1v) is 6.13. The molecule has 0 amide bonds. The maximum Gasteiger partial charge on any atom is 0.123 e. The fraction of sp³-hybridized carbons (Fsp3) is 0.250. The standard InChI is InChI=1S/C16H19NO/c1-12-8-4-5-9-13(12)16(17-2)14-10-6-7-11-15(14)18-3/h4-11,16-17H,1-3H3. The lowest BCUT2D eigenvalue weighted by atomic mass is 9.94. The van der Waals surface area contributed by atoms with Gasteiger partial charge in [-0.25, -0.2) is 0 Å². The van der Waals surface area contributed by atoms with Crippen molar-refractivity contribution in [2.75, 3.05) is 14.2 Å². The van der Waals surface area contributed by atoms with Crippen LogP contribution in [0.5, 0.6) is 5.75 Å².